The summed E-state index contributed by atoms with van der Waals surface area (Å²) in [6.07, 6.45) is 6.24. The number of piperidine rings is 1. The summed E-state index contributed by atoms with van der Waals surface area (Å²) in [5.41, 5.74) is -0.0424. The third-order valence-electron chi connectivity index (χ3n) is 5.06. The Kier molecular flexibility index (Phi) is 3.79. The quantitative estimate of drug-likeness (QED) is 0.767. The van der Waals surface area contributed by atoms with Crippen LogP contribution in [0.5, 0.6) is 0 Å². The molecule has 1 aliphatic carbocycles. The number of carbonyl (C=O) groups excluding carboxylic acids is 2. The third-order valence-corrected chi connectivity index (χ3v) is 5.06. The summed E-state index contributed by atoms with van der Waals surface area (Å²) < 4.78 is 0. The first-order valence-corrected chi connectivity index (χ1v) is 7.32. The maximum absolute atomic E-state index is 12.1. The summed E-state index contributed by atoms with van der Waals surface area (Å²) in [5.74, 6) is 1.04. The Hall–Kier alpha value is -0.860. The van der Waals surface area contributed by atoms with Gasteiger partial charge >= 0.3 is 0 Å². The minimum atomic E-state index is -0.0631. The van der Waals surface area contributed by atoms with Crippen LogP contribution in [0.15, 0.2) is 0 Å². The lowest BCUT2D eigenvalue weighted by atomic mass is 9.57. The molecule has 102 valence electrons. The van der Waals surface area contributed by atoms with Crippen LogP contribution in [-0.2, 0) is 9.59 Å². The highest BCUT2D eigenvalue weighted by Gasteiger charge is 2.50. The normalized spacial score (nSPS) is 37.1. The molecular weight excluding hydrogens is 226 g/mol. The minimum Gasteiger partial charge on any atom is -0.296 e. The average Bonchev–Trinajstić information content (AvgIpc) is 2.28. The van der Waals surface area contributed by atoms with Crippen LogP contribution in [0.2, 0.25) is 0 Å². The van der Waals surface area contributed by atoms with Crippen LogP contribution in [0.3, 0.4) is 0 Å². The molecule has 1 saturated carbocycles. The molecule has 3 heteroatoms. The number of hydrogen-bond acceptors (Lipinski definition) is 2. The summed E-state index contributed by atoms with van der Waals surface area (Å²) in [6, 6.07) is 0. The zero-order valence-electron chi connectivity index (χ0n) is 11.8. The van der Waals surface area contributed by atoms with Crippen molar-refractivity contribution in [3.05, 3.63) is 0 Å². The van der Waals surface area contributed by atoms with Gasteiger partial charge < -0.3 is 0 Å². The molecule has 1 heterocycles. The van der Waals surface area contributed by atoms with Crippen molar-refractivity contribution in [1.29, 1.82) is 0 Å². The van der Waals surface area contributed by atoms with Gasteiger partial charge in [-0.1, -0.05) is 27.2 Å². The van der Waals surface area contributed by atoms with Gasteiger partial charge in [-0.3, -0.25) is 14.9 Å². The molecule has 1 spiro atoms. The SMILES string of the molecule is CCC1CCC2(CC1)CC(=O)NC(=O)C2C(C)C. The van der Waals surface area contributed by atoms with Gasteiger partial charge in [0.2, 0.25) is 11.8 Å². The van der Waals surface area contributed by atoms with Gasteiger partial charge in [-0.15, -0.1) is 0 Å². The molecule has 2 aliphatic rings. The minimum absolute atomic E-state index is 0.0213. The van der Waals surface area contributed by atoms with Gasteiger partial charge in [-0.2, -0.15) is 0 Å². The van der Waals surface area contributed by atoms with E-state index >= 15 is 0 Å². The van der Waals surface area contributed by atoms with Crippen LogP contribution in [0, 0.1) is 23.2 Å². The average molecular weight is 251 g/mol. The van der Waals surface area contributed by atoms with Gasteiger partial charge in [0.05, 0.1) is 0 Å². The van der Waals surface area contributed by atoms with Crippen LogP contribution in [-0.4, -0.2) is 11.8 Å². The van der Waals surface area contributed by atoms with Gasteiger partial charge in [0.1, 0.15) is 0 Å². The highest BCUT2D eigenvalue weighted by molar-refractivity contribution is 5.99. The van der Waals surface area contributed by atoms with Gasteiger partial charge in [0.15, 0.2) is 0 Å². The predicted molar refractivity (Wildman–Crippen MR) is 70.8 cm³/mol. The molecule has 2 fully saturated rings. The van der Waals surface area contributed by atoms with E-state index < -0.39 is 0 Å². The molecule has 18 heavy (non-hydrogen) atoms. The molecule has 1 atom stereocenters. The fourth-order valence-corrected chi connectivity index (χ4v) is 4.13. The lowest BCUT2D eigenvalue weighted by Gasteiger charge is -2.48. The van der Waals surface area contributed by atoms with Crippen molar-refractivity contribution in [1.82, 2.24) is 5.32 Å². The Morgan fingerprint density at radius 3 is 2.39 bits per heavy atom. The monoisotopic (exact) mass is 251 g/mol. The fraction of sp³-hybridized carbons (Fsp3) is 0.867. The van der Waals surface area contributed by atoms with Crippen molar-refractivity contribution in [3.63, 3.8) is 0 Å². The first-order chi connectivity index (χ1) is 8.48. The van der Waals surface area contributed by atoms with Crippen LogP contribution < -0.4 is 5.32 Å². The first kappa shape index (κ1) is 13.6. The van der Waals surface area contributed by atoms with Crippen LogP contribution >= 0.6 is 0 Å². The maximum Gasteiger partial charge on any atom is 0.230 e. The number of amides is 2. The summed E-state index contributed by atoms with van der Waals surface area (Å²) in [4.78, 5) is 23.9. The van der Waals surface area contributed by atoms with E-state index in [9.17, 15) is 9.59 Å². The third kappa shape index (κ3) is 2.32. The van der Waals surface area contributed by atoms with Crippen molar-refractivity contribution in [2.45, 2.75) is 59.3 Å². The summed E-state index contributed by atoms with van der Waals surface area (Å²) in [5, 5.41) is 2.53. The second-order valence-corrected chi connectivity index (χ2v) is 6.52. The summed E-state index contributed by atoms with van der Waals surface area (Å²) in [6.45, 7) is 6.45. The van der Waals surface area contributed by atoms with E-state index in [4.69, 9.17) is 0 Å². The van der Waals surface area contributed by atoms with E-state index in [-0.39, 0.29) is 23.1 Å². The Balaban J connectivity index is 2.21. The standard InChI is InChI=1S/C15H25NO2/c1-4-11-5-7-15(8-6-11)9-12(17)16-14(18)13(15)10(2)3/h10-11,13H,4-9H2,1-3H3,(H,16,17,18). The molecule has 1 N–H and O–H groups in total. The van der Waals surface area contributed by atoms with Crippen LogP contribution in [0.4, 0.5) is 0 Å². The summed E-state index contributed by atoms with van der Waals surface area (Å²) in [7, 11) is 0. The molecule has 2 rings (SSSR count). The fourth-order valence-electron chi connectivity index (χ4n) is 4.13. The van der Waals surface area contributed by atoms with Gasteiger partial charge in [0, 0.05) is 12.3 Å². The predicted octanol–water partition coefficient (Wildman–Crippen LogP) is 2.89. The molecule has 1 unspecified atom stereocenters. The van der Waals surface area contributed by atoms with Crippen molar-refractivity contribution in [2.24, 2.45) is 23.2 Å². The Labute approximate surface area is 110 Å². The molecule has 0 radical (unpaired) electrons. The van der Waals surface area contributed by atoms with Crippen LogP contribution in [0.25, 0.3) is 0 Å². The Bertz CT molecular complexity index is 340. The molecular formula is C15H25NO2. The highest BCUT2D eigenvalue weighted by Crippen LogP contribution is 2.51. The molecule has 0 aromatic rings. The molecule has 1 aliphatic heterocycles. The number of imide groups is 1. The Morgan fingerprint density at radius 2 is 1.89 bits per heavy atom. The van der Waals surface area contributed by atoms with Gasteiger partial charge in [0.25, 0.3) is 0 Å². The largest absolute Gasteiger partial charge is 0.296 e. The second-order valence-electron chi connectivity index (χ2n) is 6.52. The topological polar surface area (TPSA) is 46.2 Å². The zero-order valence-corrected chi connectivity index (χ0v) is 11.8. The van der Waals surface area contributed by atoms with E-state index in [2.05, 4.69) is 26.1 Å². The molecule has 0 aromatic heterocycles. The van der Waals surface area contributed by atoms with Crippen LogP contribution in [0.1, 0.15) is 59.3 Å². The molecule has 3 nitrogen and oxygen atoms in total. The van der Waals surface area contributed by atoms with E-state index in [1.54, 1.807) is 0 Å². The van der Waals surface area contributed by atoms with Crippen molar-refractivity contribution >= 4 is 11.8 Å². The van der Waals surface area contributed by atoms with E-state index in [0.717, 1.165) is 18.8 Å². The number of hydrogen-bond donors (Lipinski definition) is 1. The lowest BCUT2D eigenvalue weighted by molar-refractivity contribution is -0.148. The number of nitrogens with one attached hydrogen (secondary N) is 1. The summed E-state index contributed by atoms with van der Waals surface area (Å²) >= 11 is 0. The molecule has 0 aromatic carbocycles. The van der Waals surface area contributed by atoms with E-state index in [0.29, 0.717) is 12.3 Å². The van der Waals surface area contributed by atoms with Crippen molar-refractivity contribution in [3.8, 4) is 0 Å². The molecule has 2 amide bonds. The first-order valence-electron chi connectivity index (χ1n) is 7.32. The van der Waals surface area contributed by atoms with Gasteiger partial charge in [-0.25, -0.2) is 0 Å². The smallest absolute Gasteiger partial charge is 0.230 e. The molecule has 0 bridgehead atoms. The lowest BCUT2D eigenvalue weighted by Crippen LogP contribution is -2.55. The maximum atomic E-state index is 12.1. The Morgan fingerprint density at radius 1 is 1.28 bits per heavy atom. The van der Waals surface area contributed by atoms with Gasteiger partial charge in [-0.05, 0) is 42.9 Å². The van der Waals surface area contributed by atoms with E-state index in [1.807, 2.05) is 0 Å². The highest BCUT2D eigenvalue weighted by atomic mass is 16.2. The molecule has 1 saturated heterocycles. The van der Waals surface area contributed by atoms with Crippen molar-refractivity contribution in [2.75, 3.05) is 0 Å². The number of rotatable bonds is 2. The number of carbonyl (C=O) groups is 2. The zero-order chi connectivity index (χ0) is 13.3. The second kappa shape index (κ2) is 5.02. The van der Waals surface area contributed by atoms with Crippen molar-refractivity contribution < 1.29 is 9.59 Å². The van der Waals surface area contributed by atoms with E-state index in [1.165, 1.54) is 19.3 Å².